The van der Waals surface area contributed by atoms with Gasteiger partial charge in [0, 0.05) is 22.3 Å². The Labute approximate surface area is 139 Å². The topological polar surface area (TPSA) is 88.1 Å². The zero-order valence-electron chi connectivity index (χ0n) is 12.1. The van der Waals surface area contributed by atoms with Crippen LogP contribution in [0.3, 0.4) is 0 Å². The molecule has 2 aromatic heterocycles. The Bertz CT molecular complexity index is 966. The van der Waals surface area contributed by atoms with Crippen molar-refractivity contribution in [1.82, 2.24) is 15.0 Å². The molecule has 0 spiro atoms. The first-order valence-electron chi connectivity index (χ1n) is 6.67. The molecular formula is C16H12BrN3O3. The summed E-state index contributed by atoms with van der Waals surface area (Å²) in [6.07, 6.45) is 2.89. The molecule has 0 aliphatic carbocycles. The van der Waals surface area contributed by atoms with Crippen LogP contribution < -0.4 is 10.3 Å². The van der Waals surface area contributed by atoms with Gasteiger partial charge in [-0.25, -0.2) is 9.97 Å². The molecule has 116 valence electrons. The molecule has 0 amide bonds. The van der Waals surface area contributed by atoms with Crippen LogP contribution in [-0.2, 0) is 0 Å². The van der Waals surface area contributed by atoms with Gasteiger partial charge in [-0.2, -0.15) is 0 Å². The molecule has 0 aliphatic heterocycles. The first-order chi connectivity index (χ1) is 11.1. The van der Waals surface area contributed by atoms with Gasteiger partial charge in [-0.15, -0.1) is 0 Å². The average molecular weight is 374 g/mol. The molecule has 0 saturated carbocycles. The maximum absolute atomic E-state index is 12.1. The summed E-state index contributed by atoms with van der Waals surface area (Å²) < 4.78 is 5.85. The van der Waals surface area contributed by atoms with Gasteiger partial charge in [0.2, 0.25) is 0 Å². The van der Waals surface area contributed by atoms with Gasteiger partial charge in [-0.1, -0.05) is 12.1 Å². The molecule has 0 saturated heterocycles. The molecule has 23 heavy (non-hydrogen) atoms. The number of fused-ring (bicyclic) bond motifs is 1. The average Bonchev–Trinajstić information content (AvgIpc) is 2.55. The quantitative estimate of drug-likeness (QED) is 0.688. The summed E-state index contributed by atoms with van der Waals surface area (Å²) in [5, 5.41) is 10.2. The van der Waals surface area contributed by atoms with Crippen LogP contribution in [-0.4, -0.2) is 27.2 Å². The zero-order valence-corrected chi connectivity index (χ0v) is 13.7. The number of methoxy groups -OCH3 is 1. The SMILES string of the molecule is COc1cccc(/C(O)=C/c2nc3ncc(Br)cc3[nH]c2=O)c1. The van der Waals surface area contributed by atoms with Gasteiger partial charge in [0.05, 0.1) is 12.6 Å². The fraction of sp³-hybridized carbons (Fsp3) is 0.0625. The van der Waals surface area contributed by atoms with E-state index in [2.05, 4.69) is 30.9 Å². The van der Waals surface area contributed by atoms with Crippen LogP contribution in [0.1, 0.15) is 11.3 Å². The minimum Gasteiger partial charge on any atom is -0.507 e. The predicted molar refractivity (Wildman–Crippen MR) is 91.4 cm³/mol. The lowest BCUT2D eigenvalue weighted by Gasteiger charge is -2.04. The van der Waals surface area contributed by atoms with Crippen LogP contribution in [0, 0.1) is 0 Å². The van der Waals surface area contributed by atoms with E-state index in [0.29, 0.717) is 22.5 Å². The smallest absolute Gasteiger partial charge is 0.274 e. The molecule has 3 aromatic rings. The molecule has 0 fully saturated rings. The van der Waals surface area contributed by atoms with Crippen molar-refractivity contribution in [2.45, 2.75) is 0 Å². The van der Waals surface area contributed by atoms with E-state index >= 15 is 0 Å². The number of nitrogens with zero attached hydrogens (tertiary/aromatic N) is 2. The molecule has 0 radical (unpaired) electrons. The van der Waals surface area contributed by atoms with Gasteiger partial charge in [0.25, 0.3) is 5.56 Å². The molecular weight excluding hydrogens is 362 g/mol. The number of halogens is 1. The molecule has 0 unspecified atom stereocenters. The highest BCUT2D eigenvalue weighted by atomic mass is 79.9. The highest BCUT2D eigenvalue weighted by Gasteiger charge is 2.07. The van der Waals surface area contributed by atoms with Crippen LogP contribution in [0.5, 0.6) is 5.75 Å². The molecule has 0 bridgehead atoms. The minimum atomic E-state index is -0.410. The van der Waals surface area contributed by atoms with E-state index in [0.717, 1.165) is 4.47 Å². The van der Waals surface area contributed by atoms with Gasteiger partial charge in [-0.3, -0.25) is 4.79 Å². The predicted octanol–water partition coefficient (Wildman–Crippen LogP) is 3.15. The number of aliphatic hydroxyl groups excluding tert-OH is 1. The van der Waals surface area contributed by atoms with Gasteiger partial charge in [0.1, 0.15) is 17.2 Å². The van der Waals surface area contributed by atoms with Gasteiger partial charge < -0.3 is 14.8 Å². The number of aromatic amines is 1. The maximum Gasteiger partial charge on any atom is 0.274 e. The minimum absolute atomic E-state index is 0.0765. The molecule has 2 N–H and O–H groups in total. The van der Waals surface area contributed by atoms with Crippen molar-refractivity contribution in [3.8, 4) is 5.75 Å². The van der Waals surface area contributed by atoms with Crippen molar-refractivity contribution in [1.29, 1.82) is 0 Å². The van der Waals surface area contributed by atoms with Gasteiger partial charge in [0.15, 0.2) is 5.65 Å². The molecule has 0 aliphatic rings. The van der Waals surface area contributed by atoms with E-state index in [-0.39, 0.29) is 11.5 Å². The van der Waals surface area contributed by atoms with Crippen molar-refractivity contribution in [2.24, 2.45) is 0 Å². The van der Waals surface area contributed by atoms with Crippen LogP contribution >= 0.6 is 15.9 Å². The largest absolute Gasteiger partial charge is 0.507 e. The van der Waals surface area contributed by atoms with E-state index < -0.39 is 5.56 Å². The fourth-order valence-electron chi connectivity index (χ4n) is 2.06. The standard InChI is InChI=1S/C16H12BrN3O3/c1-23-11-4-2-3-9(5-11)14(21)7-13-16(22)20-12-6-10(17)8-18-15(12)19-13/h2-8,21H,1H3,(H,20,22)/b14-7-. The van der Waals surface area contributed by atoms with Crippen molar-refractivity contribution in [2.75, 3.05) is 7.11 Å². The number of hydrogen-bond donors (Lipinski definition) is 2. The Hall–Kier alpha value is -2.67. The zero-order chi connectivity index (χ0) is 16.4. The number of pyridine rings is 1. The van der Waals surface area contributed by atoms with E-state index in [1.165, 1.54) is 6.08 Å². The molecule has 0 atom stereocenters. The first-order valence-corrected chi connectivity index (χ1v) is 7.47. The van der Waals surface area contributed by atoms with Crippen molar-refractivity contribution in [3.63, 3.8) is 0 Å². The third kappa shape index (κ3) is 3.24. The third-order valence-electron chi connectivity index (χ3n) is 3.18. The molecule has 7 heteroatoms. The number of aromatic nitrogens is 3. The van der Waals surface area contributed by atoms with Crippen molar-refractivity contribution >= 4 is 38.9 Å². The summed E-state index contributed by atoms with van der Waals surface area (Å²) in [5.74, 6) is 0.521. The Kier molecular flexibility index (Phi) is 4.12. The second-order valence-corrected chi connectivity index (χ2v) is 5.65. The Morgan fingerprint density at radius 1 is 1.39 bits per heavy atom. The lowest BCUT2D eigenvalue weighted by atomic mass is 10.1. The number of nitrogens with one attached hydrogen (secondary N) is 1. The molecule has 3 rings (SSSR count). The summed E-state index contributed by atoms with van der Waals surface area (Å²) in [5.41, 5.74) is 1.09. The Morgan fingerprint density at radius 3 is 3.00 bits per heavy atom. The molecule has 2 heterocycles. The Balaban J connectivity index is 2.07. The second kappa shape index (κ2) is 6.21. The Morgan fingerprint density at radius 2 is 2.22 bits per heavy atom. The van der Waals surface area contributed by atoms with Crippen molar-refractivity contribution < 1.29 is 9.84 Å². The van der Waals surface area contributed by atoms with Crippen LogP contribution in [0.4, 0.5) is 0 Å². The number of hydrogen-bond acceptors (Lipinski definition) is 5. The fourth-order valence-corrected chi connectivity index (χ4v) is 2.39. The van der Waals surface area contributed by atoms with Gasteiger partial charge >= 0.3 is 0 Å². The van der Waals surface area contributed by atoms with E-state index in [9.17, 15) is 9.90 Å². The van der Waals surface area contributed by atoms with Crippen LogP contribution in [0.2, 0.25) is 0 Å². The van der Waals surface area contributed by atoms with Gasteiger partial charge in [-0.05, 0) is 34.1 Å². The normalized spacial score (nSPS) is 11.7. The number of aliphatic hydroxyl groups is 1. The lowest BCUT2D eigenvalue weighted by Crippen LogP contribution is -2.12. The monoisotopic (exact) mass is 373 g/mol. The number of ether oxygens (including phenoxy) is 1. The number of rotatable bonds is 3. The second-order valence-electron chi connectivity index (χ2n) is 4.74. The molecule has 1 aromatic carbocycles. The third-order valence-corrected chi connectivity index (χ3v) is 3.61. The lowest BCUT2D eigenvalue weighted by molar-refractivity contribution is 0.414. The summed E-state index contributed by atoms with van der Waals surface area (Å²) in [6, 6.07) is 8.59. The first kappa shape index (κ1) is 15.2. The van der Waals surface area contributed by atoms with Crippen LogP contribution in [0.15, 0.2) is 45.8 Å². The van der Waals surface area contributed by atoms with E-state index in [1.807, 2.05) is 0 Å². The van der Waals surface area contributed by atoms with E-state index in [1.54, 1.807) is 43.6 Å². The highest BCUT2D eigenvalue weighted by Crippen LogP contribution is 2.20. The molecule has 6 nitrogen and oxygen atoms in total. The van der Waals surface area contributed by atoms with Crippen LogP contribution in [0.25, 0.3) is 23.0 Å². The maximum atomic E-state index is 12.1. The summed E-state index contributed by atoms with van der Waals surface area (Å²) >= 11 is 3.28. The summed E-state index contributed by atoms with van der Waals surface area (Å²) in [4.78, 5) is 23.1. The highest BCUT2D eigenvalue weighted by molar-refractivity contribution is 9.10. The number of H-pyrrole nitrogens is 1. The summed E-state index contributed by atoms with van der Waals surface area (Å²) in [6.45, 7) is 0. The van der Waals surface area contributed by atoms with Crippen molar-refractivity contribution in [3.05, 3.63) is 62.6 Å². The van der Waals surface area contributed by atoms with E-state index in [4.69, 9.17) is 4.74 Å². The summed E-state index contributed by atoms with van der Waals surface area (Å²) in [7, 11) is 1.54. The number of benzene rings is 1.